The van der Waals surface area contributed by atoms with Crippen LogP contribution in [0.4, 0.5) is 10.1 Å². The fourth-order valence-electron chi connectivity index (χ4n) is 2.01. The molecule has 0 spiro atoms. The number of nitrogens with two attached hydrogens (primary N) is 1. The second-order valence-electron chi connectivity index (χ2n) is 4.52. The summed E-state index contributed by atoms with van der Waals surface area (Å²) < 4.78 is 29.0. The molecule has 0 amide bonds. The van der Waals surface area contributed by atoms with Crippen LogP contribution >= 0.6 is 0 Å². The zero-order valence-electron chi connectivity index (χ0n) is 10.8. The lowest BCUT2D eigenvalue weighted by molar-refractivity contribution is 0.107. The predicted octanol–water partition coefficient (Wildman–Crippen LogP) is 2.85. The van der Waals surface area contributed by atoms with Gasteiger partial charge < -0.3 is 19.9 Å². The Labute approximate surface area is 115 Å². The van der Waals surface area contributed by atoms with Crippen molar-refractivity contribution in [1.29, 1.82) is 0 Å². The third-order valence-corrected chi connectivity index (χ3v) is 3.07. The summed E-state index contributed by atoms with van der Waals surface area (Å²) in [6, 6.07) is 9.95. The van der Waals surface area contributed by atoms with Crippen molar-refractivity contribution < 1.29 is 18.6 Å². The van der Waals surface area contributed by atoms with E-state index in [1.807, 2.05) is 18.2 Å². The fourth-order valence-corrected chi connectivity index (χ4v) is 2.01. The van der Waals surface area contributed by atoms with E-state index < -0.39 is 0 Å². The summed E-state index contributed by atoms with van der Waals surface area (Å²) in [5.74, 6) is 1.13. The average Bonchev–Trinajstić information content (AvgIpc) is 2.89. The van der Waals surface area contributed by atoms with Crippen molar-refractivity contribution in [3.05, 3.63) is 53.3 Å². The SMILES string of the molecule is Nc1cc(F)ccc1COCc1ccc2c(c1)OCO2. The predicted molar refractivity (Wildman–Crippen MR) is 71.9 cm³/mol. The third kappa shape index (κ3) is 2.67. The Kier molecular flexibility index (Phi) is 3.43. The molecule has 104 valence electrons. The maximum absolute atomic E-state index is 12.9. The number of nitrogen functional groups attached to an aromatic ring is 1. The van der Waals surface area contributed by atoms with Crippen molar-refractivity contribution in [2.45, 2.75) is 13.2 Å². The average molecular weight is 275 g/mol. The minimum absolute atomic E-state index is 0.256. The highest BCUT2D eigenvalue weighted by molar-refractivity contribution is 5.46. The van der Waals surface area contributed by atoms with Crippen molar-refractivity contribution in [3.8, 4) is 11.5 Å². The minimum atomic E-state index is -0.345. The normalized spacial score (nSPS) is 12.7. The van der Waals surface area contributed by atoms with Gasteiger partial charge in [-0.3, -0.25) is 0 Å². The van der Waals surface area contributed by atoms with Gasteiger partial charge in [-0.05, 0) is 29.8 Å². The molecule has 0 atom stereocenters. The van der Waals surface area contributed by atoms with E-state index in [0.29, 0.717) is 18.9 Å². The zero-order valence-corrected chi connectivity index (χ0v) is 10.8. The van der Waals surface area contributed by atoms with Crippen LogP contribution < -0.4 is 15.2 Å². The smallest absolute Gasteiger partial charge is 0.231 e. The van der Waals surface area contributed by atoms with Gasteiger partial charge in [0.2, 0.25) is 6.79 Å². The van der Waals surface area contributed by atoms with Crippen LogP contribution in [0.5, 0.6) is 11.5 Å². The molecular weight excluding hydrogens is 261 g/mol. The number of anilines is 1. The van der Waals surface area contributed by atoms with E-state index in [0.717, 1.165) is 22.6 Å². The second kappa shape index (κ2) is 5.38. The first-order valence-electron chi connectivity index (χ1n) is 6.22. The Hall–Kier alpha value is -2.27. The topological polar surface area (TPSA) is 53.7 Å². The quantitative estimate of drug-likeness (QED) is 0.872. The molecule has 1 aliphatic heterocycles. The van der Waals surface area contributed by atoms with Crippen LogP contribution in [0, 0.1) is 5.82 Å². The van der Waals surface area contributed by atoms with Crippen molar-refractivity contribution in [2.24, 2.45) is 0 Å². The molecule has 5 heteroatoms. The standard InChI is InChI=1S/C15H14FNO3/c16-12-3-2-11(13(17)6-12)8-18-7-10-1-4-14-15(5-10)20-9-19-14/h1-6H,7-9,17H2. The molecule has 2 aromatic rings. The number of hydrogen-bond acceptors (Lipinski definition) is 4. The highest BCUT2D eigenvalue weighted by atomic mass is 19.1. The Bertz CT molecular complexity index is 631. The molecule has 1 heterocycles. The fraction of sp³-hybridized carbons (Fsp3) is 0.200. The number of rotatable bonds is 4. The van der Waals surface area contributed by atoms with E-state index in [2.05, 4.69) is 0 Å². The molecule has 0 aromatic heterocycles. The Morgan fingerprint density at radius 3 is 2.75 bits per heavy atom. The third-order valence-electron chi connectivity index (χ3n) is 3.07. The Balaban J connectivity index is 1.60. The first-order chi connectivity index (χ1) is 9.72. The lowest BCUT2D eigenvalue weighted by Gasteiger charge is -2.08. The molecule has 2 N–H and O–H groups in total. The van der Waals surface area contributed by atoms with Crippen molar-refractivity contribution >= 4 is 5.69 Å². The summed E-state index contributed by atoms with van der Waals surface area (Å²) in [4.78, 5) is 0. The molecule has 0 aliphatic carbocycles. The van der Waals surface area contributed by atoms with Gasteiger partial charge in [0.25, 0.3) is 0 Å². The molecule has 0 saturated carbocycles. The lowest BCUT2D eigenvalue weighted by atomic mass is 10.2. The molecule has 0 unspecified atom stereocenters. The molecule has 20 heavy (non-hydrogen) atoms. The summed E-state index contributed by atoms with van der Waals surface area (Å²) in [6.45, 7) is 1.01. The summed E-state index contributed by atoms with van der Waals surface area (Å²) in [7, 11) is 0. The van der Waals surface area contributed by atoms with Gasteiger partial charge in [0.15, 0.2) is 11.5 Å². The van der Waals surface area contributed by atoms with Gasteiger partial charge in [0.05, 0.1) is 13.2 Å². The molecule has 3 rings (SSSR count). The maximum atomic E-state index is 12.9. The van der Waals surface area contributed by atoms with Gasteiger partial charge in [-0.2, -0.15) is 0 Å². The largest absolute Gasteiger partial charge is 0.454 e. The van der Waals surface area contributed by atoms with Gasteiger partial charge in [0, 0.05) is 11.3 Å². The monoisotopic (exact) mass is 275 g/mol. The maximum Gasteiger partial charge on any atom is 0.231 e. The van der Waals surface area contributed by atoms with Crippen LogP contribution in [-0.4, -0.2) is 6.79 Å². The molecule has 0 bridgehead atoms. The van der Waals surface area contributed by atoms with E-state index in [4.69, 9.17) is 19.9 Å². The number of fused-ring (bicyclic) bond motifs is 1. The van der Waals surface area contributed by atoms with Crippen LogP contribution in [0.25, 0.3) is 0 Å². The molecule has 2 aromatic carbocycles. The van der Waals surface area contributed by atoms with Crippen molar-refractivity contribution in [1.82, 2.24) is 0 Å². The van der Waals surface area contributed by atoms with Gasteiger partial charge in [-0.15, -0.1) is 0 Å². The number of halogens is 1. The van der Waals surface area contributed by atoms with E-state index in [1.165, 1.54) is 12.1 Å². The van der Waals surface area contributed by atoms with Crippen LogP contribution in [-0.2, 0) is 18.0 Å². The summed E-state index contributed by atoms with van der Waals surface area (Å²) in [6.07, 6.45) is 0. The van der Waals surface area contributed by atoms with E-state index >= 15 is 0 Å². The van der Waals surface area contributed by atoms with Crippen LogP contribution in [0.3, 0.4) is 0 Å². The van der Waals surface area contributed by atoms with Gasteiger partial charge >= 0.3 is 0 Å². The van der Waals surface area contributed by atoms with E-state index in [9.17, 15) is 4.39 Å². The van der Waals surface area contributed by atoms with Crippen LogP contribution in [0.1, 0.15) is 11.1 Å². The van der Waals surface area contributed by atoms with Crippen molar-refractivity contribution in [2.75, 3.05) is 12.5 Å². The molecule has 1 aliphatic rings. The minimum Gasteiger partial charge on any atom is -0.454 e. The second-order valence-corrected chi connectivity index (χ2v) is 4.52. The first-order valence-corrected chi connectivity index (χ1v) is 6.22. The molecular formula is C15H14FNO3. The van der Waals surface area contributed by atoms with Gasteiger partial charge in [-0.1, -0.05) is 12.1 Å². The van der Waals surface area contributed by atoms with Gasteiger partial charge in [-0.25, -0.2) is 4.39 Å². The summed E-state index contributed by atoms with van der Waals surface area (Å²) >= 11 is 0. The number of benzene rings is 2. The van der Waals surface area contributed by atoms with Crippen LogP contribution in [0.15, 0.2) is 36.4 Å². The van der Waals surface area contributed by atoms with Crippen LogP contribution in [0.2, 0.25) is 0 Å². The highest BCUT2D eigenvalue weighted by Gasteiger charge is 2.13. The number of ether oxygens (including phenoxy) is 3. The lowest BCUT2D eigenvalue weighted by Crippen LogP contribution is -1.99. The van der Waals surface area contributed by atoms with Gasteiger partial charge in [0.1, 0.15) is 5.82 Å². The highest BCUT2D eigenvalue weighted by Crippen LogP contribution is 2.32. The Morgan fingerprint density at radius 1 is 1.05 bits per heavy atom. The summed E-state index contributed by atoms with van der Waals surface area (Å²) in [5, 5.41) is 0. The summed E-state index contributed by atoms with van der Waals surface area (Å²) in [5.41, 5.74) is 7.87. The van der Waals surface area contributed by atoms with Crippen molar-refractivity contribution in [3.63, 3.8) is 0 Å². The Morgan fingerprint density at radius 2 is 1.90 bits per heavy atom. The van der Waals surface area contributed by atoms with E-state index in [1.54, 1.807) is 6.07 Å². The molecule has 4 nitrogen and oxygen atoms in total. The van der Waals surface area contributed by atoms with E-state index in [-0.39, 0.29) is 12.6 Å². The number of hydrogen-bond donors (Lipinski definition) is 1. The molecule has 0 saturated heterocycles. The molecule has 0 radical (unpaired) electrons. The molecule has 0 fully saturated rings. The first kappa shape index (κ1) is 12.7. The zero-order chi connectivity index (χ0) is 13.9.